The van der Waals surface area contributed by atoms with Crippen LogP contribution in [0.25, 0.3) is 0 Å². The standard InChI is InChI=1S/C20H34N4O2S.HI/c1-6-21-19(22-14-20(3,4)24-27(5,25)26)23-15(2)17-12-11-16-9-7-8-10-18(16)13-17;/h11-13,15,24H,6-10,14H2,1-5H3,(H2,21,22,23);1H. The SMILES string of the molecule is CCNC(=NCC(C)(C)NS(C)(=O)=O)NC(C)c1ccc2c(c1)CCCC2.I. The number of benzene rings is 1. The van der Waals surface area contributed by atoms with Crippen LogP contribution in [0.15, 0.2) is 23.2 Å². The highest BCUT2D eigenvalue weighted by atomic mass is 127. The average molecular weight is 522 g/mol. The lowest BCUT2D eigenvalue weighted by Crippen LogP contribution is -2.47. The summed E-state index contributed by atoms with van der Waals surface area (Å²) in [4.78, 5) is 4.59. The highest BCUT2D eigenvalue weighted by Crippen LogP contribution is 2.24. The molecule has 1 aromatic rings. The molecule has 0 fully saturated rings. The monoisotopic (exact) mass is 522 g/mol. The van der Waals surface area contributed by atoms with Crippen molar-refractivity contribution in [2.45, 2.75) is 65.0 Å². The van der Waals surface area contributed by atoms with Gasteiger partial charge in [0.2, 0.25) is 10.0 Å². The van der Waals surface area contributed by atoms with Crippen LogP contribution < -0.4 is 15.4 Å². The number of hydrogen-bond acceptors (Lipinski definition) is 3. The number of sulfonamides is 1. The van der Waals surface area contributed by atoms with Gasteiger partial charge in [0, 0.05) is 12.1 Å². The predicted octanol–water partition coefficient (Wildman–Crippen LogP) is 3.13. The Hall–Kier alpha value is -0.870. The maximum absolute atomic E-state index is 11.5. The molecule has 0 spiro atoms. The van der Waals surface area contributed by atoms with Crippen molar-refractivity contribution in [2.24, 2.45) is 4.99 Å². The van der Waals surface area contributed by atoms with Gasteiger partial charge in [-0.2, -0.15) is 0 Å². The lowest BCUT2D eigenvalue weighted by molar-refractivity contribution is 0.464. The fraction of sp³-hybridized carbons (Fsp3) is 0.650. The van der Waals surface area contributed by atoms with Crippen LogP contribution in [0.2, 0.25) is 0 Å². The Labute approximate surface area is 187 Å². The molecule has 0 saturated heterocycles. The number of guanidine groups is 1. The zero-order valence-corrected chi connectivity index (χ0v) is 20.8. The van der Waals surface area contributed by atoms with Crippen molar-refractivity contribution in [1.82, 2.24) is 15.4 Å². The van der Waals surface area contributed by atoms with Gasteiger partial charge < -0.3 is 10.6 Å². The summed E-state index contributed by atoms with van der Waals surface area (Å²) in [6.07, 6.45) is 6.07. The van der Waals surface area contributed by atoms with Crippen LogP contribution in [-0.2, 0) is 22.9 Å². The van der Waals surface area contributed by atoms with E-state index >= 15 is 0 Å². The van der Waals surface area contributed by atoms with Crippen molar-refractivity contribution >= 4 is 40.0 Å². The first-order valence-corrected chi connectivity index (χ1v) is 11.6. The quantitative estimate of drug-likeness (QED) is 0.292. The van der Waals surface area contributed by atoms with Crippen LogP contribution in [-0.4, -0.2) is 39.3 Å². The van der Waals surface area contributed by atoms with Crippen LogP contribution >= 0.6 is 24.0 Å². The summed E-state index contributed by atoms with van der Waals surface area (Å²) in [7, 11) is -3.28. The van der Waals surface area contributed by atoms with Crippen LogP contribution in [0.1, 0.15) is 63.3 Å². The molecule has 1 aliphatic rings. The average Bonchev–Trinajstić information content (AvgIpc) is 2.57. The normalized spacial score (nSPS) is 16.0. The Bertz CT molecular complexity index is 778. The molecule has 1 unspecified atom stereocenters. The predicted molar refractivity (Wildman–Crippen MR) is 128 cm³/mol. The fourth-order valence-electron chi connectivity index (χ4n) is 3.44. The lowest BCUT2D eigenvalue weighted by Gasteiger charge is -2.25. The maximum atomic E-state index is 11.5. The molecule has 8 heteroatoms. The number of hydrogen-bond donors (Lipinski definition) is 3. The Morgan fingerprint density at radius 3 is 2.46 bits per heavy atom. The Morgan fingerprint density at radius 2 is 1.86 bits per heavy atom. The van der Waals surface area contributed by atoms with E-state index in [9.17, 15) is 8.42 Å². The molecule has 1 aliphatic carbocycles. The molecule has 0 aliphatic heterocycles. The first-order chi connectivity index (χ1) is 12.6. The summed E-state index contributed by atoms with van der Waals surface area (Å²) in [5.41, 5.74) is 3.54. The van der Waals surface area contributed by atoms with Crippen molar-refractivity contribution in [3.05, 3.63) is 34.9 Å². The van der Waals surface area contributed by atoms with Crippen molar-refractivity contribution < 1.29 is 8.42 Å². The number of rotatable bonds is 7. The molecule has 0 bridgehead atoms. The smallest absolute Gasteiger partial charge is 0.209 e. The topological polar surface area (TPSA) is 82.6 Å². The van der Waals surface area contributed by atoms with Gasteiger partial charge in [0.05, 0.1) is 18.8 Å². The molecule has 1 atom stereocenters. The number of nitrogens with one attached hydrogen (secondary N) is 3. The van der Waals surface area contributed by atoms with E-state index < -0.39 is 15.6 Å². The maximum Gasteiger partial charge on any atom is 0.209 e. The molecule has 160 valence electrons. The Balaban J connectivity index is 0.00000392. The molecule has 2 rings (SSSR count). The van der Waals surface area contributed by atoms with E-state index in [4.69, 9.17) is 0 Å². The van der Waals surface area contributed by atoms with E-state index in [1.165, 1.54) is 42.2 Å². The summed E-state index contributed by atoms with van der Waals surface area (Å²) in [6, 6.07) is 6.87. The third-order valence-electron chi connectivity index (χ3n) is 4.66. The van der Waals surface area contributed by atoms with Crippen molar-refractivity contribution in [3.63, 3.8) is 0 Å². The van der Waals surface area contributed by atoms with E-state index in [1.54, 1.807) is 0 Å². The summed E-state index contributed by atoms with van der Waals surface area (Å²) in [6.45, 7) is 8.87. The molecular formula is C20H35IN4O2S. The van der Waals surface area contributed by atoms with Crippen molar-refractivity contribution in [3.8, 4) is 0 Å². The molecule has 28 heavy (non-hydrogen) atoms. The van der Waals surface area contributed by atoms with E-state index in [2.05, 4.69) is 45.5 Å². The highest BCUT2D eigenvalue weighted by Gasteiger charge is 2.22. The molecule has 0 saturated carbocycles. The minimum atomic E-state index is -3.28. The van der Waals surface area contributed by atoms with E-state index in [1.807, 2.05) is 20.8 Å². The van der Waals surface area contributed by atoms with Crippen LogP contribution in [0.4, 0.5) is 0 Å². The summed E-state index contributed by atoms with van der Waals surface area (Å²) in [5.74, 6) is 0.686. The van der Waals surface area contributed by atoms with Gasteiger partial charge in [-0.25, -0.2) is 13.1 Å². The van der Waals surface area contributed by atoms with Crippen molar-refractivity contribution in [1.29, 1.82) is 0 Å². The first kappa shape index (κ1) is 25.2. The number of nitrogens with zero attached hydrogens (tertiary/aromatic N) is 1. The second kappa shape index (κ2) is 10.8. The molecule has 0 amide bonds. The van der Waals surface area contributed by atoms with Gasteiger partial charge in [-0.15, -0.1) is 24.0 Å². The minimum Gasteiger partial charge on any atom is -0.357 e. The van der Waals surface area contributed by atoms with Crippen molar-refractivity contribution in [2.75, 3.05) is 19.3 Å². The second-order valence-electron chi connectivity index (χ2n) is 8.05. The molecule has 3 N–H and O–H groups in total. The molecule has 0 aromatic heterocycles. The molecular weight excluding hydrogens is 487 g/mol. The van der Waals surface area contributed by atoms with Gasteiger partial charge in [0.1, 0.15) is 0 Å². The van der Waals surface area contributed by atoms with E-state index in [0.717, 1.165) is 13.0 Å². The Kier molecular flexibility index (Phi) is 9.69. The molecule has 1 aromatic carbocycles. The fourth-order valence-corrected chi connectivity index (χ4v) is 4.51. The van der Waals surface area contributed by atoms with Gasteiger partial charge in [-0.1, -0.05) is 18.2 Å². The highest BCUT2D eigenvalue weighted by molar-refractivity contribution is 14.0. The third kappa shape index (κ3) is 8.24. The van der Waals surface area contributed by atoms with Crippen LogP contribution in [0.5, 0.6) is 0 Å². The lowest BCUT2D eigenvalue weighted by atomic mass is 9.89. The second-order valence-corrected chi connectivity index (χ2v) is 9.80. The van der Waals surface area contributed by atoms with Gasteiger partial charge in [-0.3, -0.25) is 4.99 Å². The largest absolute Gasteiger partial charge is 0.357 e. The zero-order chi connectivity index (χ0) is 20.1. The summed E-state index contributed by atoms with van der Waals surface area (Å²) in [5, 5.41) is 6.68. The third-order valence-corrected chi connectivity index (χ3v) is 5.59. The van der Waals surface area contributed by atoms with Gasteiger partial charge in [-0.05, 0) is 70.1 Å². The zero-order valence-electron chi connectivity index (χ0n) is 17.6. The first-order valence-electron chi connectivity index (χ1n) is 9.75. The minimum absolute atomic E-state index is 0. The summed E-state index contributed by atoms with van der Waals surface area (Å²) < 4.78 is 25.6. The molecule has 0 radical (unpaired) electrons. The number of fused-ring (bicyclic) bond motifs is 1. The van der Waals surface area contributed by atoms with E-state index in [-0.39, 0.29) is 30.0 Å². The number of aryl methyl sites for hydroxylation is 2. The van der Waals surface area contributed by atoms with Gasteiger partial charge >= 0.3 is 0 Å². The number of aliphatic imine (C=N–C) groups is 1. The van der Waals surface area contributed by atoms with Gasteiger partial charge in [0.15, 0.2) is 5.96 Å². The Morgan fingerprint density at radius 1 is 1.21 bits per heavy atom. The number of halogens is 1. The van der Waals surface area contributed by atoms with Gasteiger partial charge in [0.25, 0.3) is 0 Å². The molecule has 0 heterocycles. The molecule has 6 nitrogen and oxygen atoms in total. The van der Waals surface area contributed by atoms with Crippen LogP contribution in [0, 0.1) is 0 Å². The van der Waals surface area contributed by atoms with Crippen LogP contribution in [0.3, 0.4) is 0 Å². The summed E-state index contributed by atoms with van der Waals surface area (Å²) >= 11 is 0. The van der Waals surface area contributed by atoms with E-state index in [0.29, 0.717) is 12.5 Å².